The Bertz CT molecular complexity index is 604. The number of amides is 1. The van der Waals surface area contributed by atoms with Crippen LogP contribution in [0.5, 0.6) is 0 Å². The van der Waals surface area contributed by atoms with E-state index in [4.69, 9.17) is 10.2 Å². The molecule has 2 heterocycles. The van der Waals surface area contributed by atoms with Crippen molar-refractivity contribution in [2.75, 3.05) is 18.8 Å². The van der Waals surface area contributed by atoms with Crippen molar-refractivity contribution in [1.82, 2.24) is 14.9 Å². The van der Waals surface area contributed by atoms with Gasteiger partial charge in [0.1, 0.15) is 5.69 Å². The summed E-state index contributed by atoms with van der Waals surface area (Å²) in [4.78, 5) is 22.6. The molecule has 0 radical (unpaired) electrons. The minimum absolute atomic E-state index is 0.112. The molecule has 2 N–H and O–H groups in total. The molecule has 20 heavy (non-hydrogen) atoms. The van der Waals surface area contributed by atoms with E-state index >= 15 is 0 Å². The minimum atomic E-state index is -0.112. The summed E-state index contributed by atoms with van der Waals surface area (Å²) < 4.78 is 5.35. The molecule has 0 spiro atoms. The van der Waals surface area contributed by atoms with Gasteiger partial charge >= 0.3 is 0 Å². The van der Waals surface area contributed by atoms with Gasteiger partial charge in [-0.05, 0) is 32.9 Å². The first-order chi connectivity index (χ1) is 9.58. The van der Waals surface area contributed by atoms with Gasteiger partial charge in [-0.15, -0.1) is 0 Å². The van der Waals surface area contributed by atoms with Crippen LogP contribution in [0.1, 0.15) is 29.9 Å². The van der Waals surface area contributed by atoms with Gasteiger partial charge in [-0.25, -0.2) is 9.97 Å². The number of carbonyl (C=O) groups is 1. The van der Waals surface area contributed by atoms with Crippen LogP contribution >= 0.6 is 0 Å². The second kappa shape index (κ2) is 5.73. The fourth-order valence-corrected chi connectivity index (χ4v) is 2.11. The maximum absolute atomic E-state index is 12.6. The highest BCUT2D eigenvalue weighted by atomic mass is 16.3. The predicted molar refractivity (Wildman–Crippen MR) is 76.1 cm³/mol. The van der Waals surface area contributed by atoms with Crippen LogP contribution in [0.25, 0.3) is 11.5 Å². The second-order valence-electron chi connectivity index (χ2n) is 4.35. The third-order valence-corrected chi connectivity index (χ3v) is 3.13. The molecule has 0 bridgehead atoms. The third kappa shape index (κ3) is 2.49. The van der Waals surface area contributed by atoms with Crippen LogP contribution in [0.4, 0.5) is 5.95 Å². The number of hydrogen-bond donors (Lipinski definition) is 1. The first-order valence-electron chi connectivity index (χ1n) is 6.55. The molecule has 0 aromatic carbocycles. The molecule has 106 valence electrons. The summed E-state index contributed by atoms with van der Waals surface area (Å²) in [5, 5.41) is 0. The Labute approximate surface area is 117 Å². The fraction of sp³-hybridized carbons (Fsp3) is 0.357. The number of rotatable bonds is 4. The number of carbonyl (C=O) groups excluding carboxylic acids is 1. The van der Waals surface area contributed by atoms with Crippen molar-refractivity contribution in [1.29, 1.82) is 0 Å². The van der Waals surface area contributed by atoms with Crippen molar-refractivity contribution in [3.63, 3.8) is 0 Å². The van der Waals surface area contributed by atoms with E-state index in [0.29, 0.717) is 35.8 Å². The fourth-order valence-electron chi connectivity index (χ4n) is 2.11. The molecule has 0 aliphatic carbocycles. The summed E-state index contributed by atoms with van der Waals surface area (Å²) in [6.45, 7) is 6.86. The van der Waals surface area contributed by atoms with Gasteiger partial charge in [0, 0.05) is 13.1 Å². The minimum Gasteiger partial charge on any atom is -0.463 e. The van der Waals surface area contributed by atoms with Crippen molar-refractivity contribution >= 4 is 11.9 Å². The standard InChI is InChI=1S/C14H18N4O2/c1-4-18(5-2)13(19)11-9(3)16-14(15)17-12(11)10-7-6-8-20-10/h6-8H,4-5H2,1-3H3,(H2,15,16,17). The maximum atomic E-state index is 12.6. The smallest absolute Gasteiger partial charge is 0.258 e. The lowest BCUT2D eigenvalue weighted by Crippen LogP contribution is -2.32. The molecule has 2 aromatic rings. The summed E-state index contributed by atoms with van der Waals surface area (Å²) in [5.74, 6) is 0.529. The zero-order chi connectivity index (χ0) is 14.7. The molecule has 0 unspecified atom stereocenters. The summed E-state index contributed by atoms with van der Waals surface area (Å²) >= 11 is 0. The highest BCUT2D eigenvalue weighted by Gasteiger charge is 2.23. The molecule has 0 aliphatic heterocycles. The molecule has 2 rings (SSSR count). The van der Waals surface area contributed by atoms with Gasteiger partial charge in [-0.2, -0.15) is 0 Å². The van der Waals surface area contributed by atoms with Crippen LogP contribution in [-0.4, -0.2) is 33.9 Å². The van der Waals surface area contributed by atoms with Gasteiger partial charge in [0.05, 0.1) is 17.5 Å². The van der Waals surface area contributed by atoms with E-state index in [0.717, 1.165) is 0 Å². The Morgan fingerprint density at radius 2 is 2.05 bits per heavy atom. The van der Waals surface area contributed by atoms with Gasteiger partial charge in [-0.1, -0.05) is 0 Å². The molecule has 2 aromatic heterocycles. The maximum Gasteiger partial charge on any atom is 0.258 e. The van der Waals surface area contributed by atoms with Crippen LogP contribution < -0.4 is 5.73 Å². The molecule has 0 saturated carbocycles. The van der Waals surface area contributed by atoms with Gasteiger partial charge < -0.3 is 15.1 Å². The van der Waals surface area contributed by atoms with E-state index in [1.54, 1.807) is 24.0 Å². The SMILES string of the molecule is CCN(CC)C(=O)c1c(C)nc(N)nc1-c1ccco1. The van der Waals surface area contributed by atoms with Crippen molar-refractivity contribution in [3.8, 4) is 11.5 Å². The number of anilines is 1. The van der Waals surface area contributed by atoms with E-state index in [1.807, 2.05) is 13.8 Å². The molecule has 0 aliphatic rings. The lowest BCUT2D eigenvalue weighted by molar-refractivity contribution is 0.0772. The number of aromatic nitrogens is 2. The monoisotopic (exact) mass is 274 g/mol. The van der Waals surface area contributed by atoms with Crippen LogP contribution in [0, 0.1) is 6.92 Å². The third-order valence-electron chi connectivity index (χ3n) is 3.13. The molecule has 6 nitrogen and oxygen atoms in total. The number of nitrogen functional groups attached to an aromatic ring is 1. The van der Waals surface area contributed by atoms with Crippen molar-refractivity contribution in [2.24, 2.45) is 0 Å². The Kier molecular flexibility index (Phi) is 4.02. The lowest BCUT2D eigenvalue weighted by atomic mass is 10.1. The quantitative estimate of drug-likeness (QED) is 0.922. The zero-order valence-corrected chi connectivity index (χ0v) is 11.9. The van der Waals surface area contributed by atoms with Crippen LogP contribution in [0.2, 0.25) is 0 Å². The van der Waals surface area contributed by atoms with Crippen LogP contribution in [0.3, 0.4) is 0 Å². The number of nitrogens with zero attached hydrogens (tertiary/aromatic N) is 3. The lowest BCUT2D eigenvalue weighted by Gasteiger charge is -2.20. The van der Waals surface area contributed by atoms with E-state index < -0.39 is 0 Å². The second-order valence-corrected chi connectivity index (χ2v) is 4.35. The van der Waals surface area contributed by atoms with E-state index in [2.05, 4.69) is 9.97 Å². The molecular formula is C14H18N4O2. The van der Waals surface area contributed by atoms with Crippen LogP contribution in [-0.2, 0) is 0 Å². The molecule has 6 heteroatoms. The Hall–Kier alpha value is -2.37. The summed E-state index contributed by atoms with van der Waals surface area (Å²) in [6, 6.07) is 3.49. The summed E-state index contributed by atoms with van der Waals surface area (Å²) in [6.07, 6.45) is 1.54. The molecule has 0 saturated heterocycles. The van der Waals surface area contributed by atoms with E-state index in [-0.39, 0.29) is 11.9 Å². The summed E-state index contributed by atoms with van der Waals surface area (Å²) in [5.41, 5.74) is 7.13. The Morgan fingerprint density at radius 1 is 1.35 bits per heavy atom. The van der Waals surface area contributed by atoms with Gasteiger partial charge in [-0.3, -0.25) is 4.79 Å². The van der Waals surface area contributed by atoms with Crippen molar-refractivity contribution in [3.05, 3.63) is 29.7 Å². The molecule has 1 amide bonds. The van der Waals surface area contributed by atoms with E-state index in [1.165, 1.54) is 6.26 Å². The number of aryl methyl sites for hydroxylation is 1. The number of furan rings is 1. The van der Waals surface area contributed by atoms with Gasteiger partial charge in [0.25, 0.3) is 5.91 Å². The van der Waals surface area contributed by atoms with Crippen LogP contribution in [0.15, 0.2) is 22.8 Å². The largest absolute Gasteiger partial charge is 0.463 e. The average Bonchev–Trinajstić information content (AvgIpc) is 2.92. The highest BCUT2D eigenvalue weighted by molar-refractivity contribution is 6.00. The normalized spacial score (nSPS) is 10.6. The topological polar surface area (TPSA) is 85.2 Å². The van der Waals surface area contributed by atoms with Crippen molar-refractivity contribution < 1.29 is 9.21 Å². The Balaban J connectivity index is 2.60. The summed E-state index contributed by atoms with van der Waals surface area (Å²) in [7, 11) is 0. The first kappa shape index (κ1) is 14.0. The zero-order valence-electron chi connectivity index (χ0n) is 11.9. The number of hydrogen-bond acceptors (Lipinski definition) is 5. The number of nitrogens with two attached hydrogens (primary N) is 1. The average molecular weight is 274 g/mol. The van der Waals surface area contributed by atoms with E-state index in [9.17, 15) is 4.79 Å². The van der Waals surface area contributed by atoms with Gasteiger partial charge in [0.2, 0.25) is 5.95 Å². The van der Waals surface area contributed by atoms with Crippen molar-refractivity contribution in [2.45, 2.75) is 20.8 Å². The molecule has 0 atom stereocenters. The first-order valence-corrected chi connectivity index (χ1v) is 6.55. The molecular weight excluding hydrogens is 256 g/mol. The van der Waals surface area contributed by atoms with Gasteiger partial charge in [0.15, 0.2) is 5.76 Å². The highest BCUT2D eigenvalue weighted by Crippen LogP contribution is 2.25. The Morgan fingerprint density at radius 3 is 2.60 bits per heavy atom. The predicted octanol–water partition coefficient (Wildman–Crippen LogP) is 2.11. The molecule has 0 fully saturated rings.